The monoisotopic (exact) mass is 484 g/mol. The highest BCUT2D eigenvalue weighted by Gasteiger charge is 2.52. The fourth-order valence-corrected chi connectivity index (χ4v) is 7.45. The Morgan fingerprint density at radius 1 is 1.11 bits per heavy atom. The first kappa shape index (κ1) is 22.0. The molecule has 3 aliphatic heterocycles. The van der Waals surface area contributed by atoms with E-state index in [4.69, 9.17) is 5.10 Å². The molecule has 0 spiro atoms. The van der Waals surface area contributed by atoms with E-state index in [0.29, 0.717) is 30.5 Å². The van der Waals surface area contributed by atoms with Crippen LogP contribution in [0.4, 0.5) is 0 Å². The number of hydrogen-bond donors (Lipinski definition) is 1. The van der Waals surface area contributed by atoms with Gasteiger partial charge in [0.2, 0.25) is 5.91 Å². The van der Waals surface area contributed by atoms with Crippen molar-refractivity contribution >= 4 is 16.9 Å². The van der Waals surface area contributed by atoms with E-state index in [9.17, 15) is 10.1 Å². The molecule has 36 heavy (non-hydrogen) atoms. The molecule has 4 aliphatic rings. The molecule has 1 saturated carbocycles. The molecule has 0 aromatic carbocycles. The Hall–Kier alpha value is -3.25. The van der Waals surface area contributed by atoms with E-state index in [2.05, 4.69) is 30.8 Å². The summed E-state index contributed by atoms with van der Waals surface area (Å²) >= 11 is 0. The number of carbonyl (C=O) groups excluding carboxylic acids is 1. The van der Waals surface area contributed by atoms with Crippen LogP contribution < -0.4 is 0 Å². The van der Waals surface area contributed by atoms with Crippen molar-refractivity contribution in [3.8, 4) is 17.3 Å². The number of likely N-dealkylation sites (tertiary alicyclic amines) is 1. The standard InChI is InChI=1S/C27H32N8O/c28-9-8-27(34-14-19(13-32-34)24-23-7-10-29-25(23)31-17-30-24)15-33(16-27)22-11-20-5-6-21(12-22)35(20)26(36)18-3-1-2-4-18/h7,10,13-14,17-18,20-22H,1-6,8,11-12,15-16H2,(H,29,30,31). The second kappa shape index (κ2) is 8.41. The molecular weight excluding hydrogens is 452 g/mol. The highest BCUT2D eigenvalue weighted by Crippen LogP contribution is 2.44. The number of carbonyl (C=O) groups is 1. The molecule has 9 nitrogen and oxygen atoms in total. The molecule has 186 valence electrons. The molecule has 0 radical (unpaired) electrons. The number of hydrogen-bond acceptors (Lipinski definition) is 6. The van der Waals surface area contributed by atoms with Crippen molar-refractivity contribution in [1.82, 2.24) is 34.5 Å². The Labute approximate surface area is 210 Å². The predicted molar refractivity (Wildman–Crippen MR) is 134 cm³/mol. The van der Waals surface area contributed by atoms with E-state index in [1.807, 2.05) is 29.3 Å². The summed E-state index contributed by atoms with van der Waals surface area (Å²) in [5, 5.41) is 15.4. The lowest BCUT2D eigenvalue weighted by Gasteiger charge is -2.55. The van der Waals surface area contributed by atoms with E-state index in [1.165, 1.54) is 12.8 Å². The van der Waals surface area contributed by atoms with Gasteiger partial charge in [-0.3, -0.25) is 14.4 Å². The summed E-state index contributed by atoms with van der Waals surface area (Å²) in [7, 11) is 0. The van der Waals surface area contributed by atoms with Gasteiger partial charge in [0.25, 0.3) is 0 Å². The van der Waals surface area contributed by atoms with E-state index >= 15 is 0 Å². The van der Waals surface area contributed by atoms with E-state index < -0.39 is 0 Å². The normalized spacial score (nSPS) is 27.9. The average Bonchev–Trinajstić information content (AvgIpc) is 3.67. The van der Waals surface area contributed by atoms with Crippen LogP contribution in [0.1, 0.15) is 57.8 Å². The highest BCUT2D eigenvalue weighted by atomic mass is 16.2. The summed E-state index contributed by atoms with van der Waals surface area (Å²) in [6, 6.07) is 5.67. The van der Waals surface area contributed by atoms with E-state index in [1.54, 1.807) is 6.33 Å². The Kier molecular flexibility index (Phi) is 5.14. The summed E-state index contributed by atoms with van der Waals surface area (Å²) in [6.07, 6.45) is 16.8. The Morgan fingerprint density at radius 3 is 2.64 bits per heavy atom. The van der Waals surface area contributed by atoms with Gasteiger partial charge in [-0.1, -0.05) is 12.8 Å². The van der Waals surface area contributed by atoms with Crippen LogP contribution in [-0.2, 0) is 10.3 Å². The van der Waals surface area contributed by atoms with Crippen molar-refractivity contribution < 1.29 is 4.79 Å². The lowest BCUT2D eigenvalue weighted by molar-refractivity contribution is -0.142. The third-order valence-electron chi connectivity index (χ3n) is 9.28. The molecule has 3 aromatic heterocycles. The number of aromatic amines is 1. The number of H-pyrrole nitrogens is 1. The maximum absolute atomic E-state index is 13.2. The fourth-order valence-electron chi connectivity index (χ4n) is 7.45. The quantitative estimate of drug-likeness (QED) is 0.594. The van der Waals surface area contributed by atoms with Crippen LogP contribution in [-0.4, -0.2) is 71.7 Å². The number of nitrogens with one attached hydrogen (secondary N) is 1. The first-order valence-electron chi connectivity index (χ1n) is 13.4. The molecule has 3 aromatic rings. The molecule has 2 bridgehead atoms. The number of fused-ring (bicyclic) bond motifs is 3. The maximum Gasteiger partial charge on any atom is 0.226 e. The Balaban J connectivity index is 1.07. The number of aromatic nitrogens is 5. The second-order valence-electron chi connectivity index (χ2n) is 11.3. The predicted octanol–water partition coefficient (Wildman–Crippen LogP) is 3.46. The van der Waals surface area contributed by atoms with Gasteiger partial charge in [0.1, 0.15) is 17.5 Å². The third kappa shape index (κ3) is 3.38. The van der Waals surface area contributed by atoms with Gasteiger partial charge < -0.3 is 9.88 Å². The Morgan fingerprint density at radius 2 is 1.89 bits per heavy atom. The molecular formula is C27H32N8O. The number of piperidine rings is 1. The lowest BCUT2D eigenvalue weighted by Crippen LogP contribution is -2.67. The first-order chi connectivity index (χ1) is 17.6. The minimum Gasteiger partial charge on any atom is -0.346 e. The van der Waals surface area contributed by atoms with Gasteiger partial charge in [0.15, 0.2) is 0 Å². The van der Waals surface area contributed by atoms with Crippen molar-refractivity contribution in [3.05, 3.63) is 31.0 Å². The molecule has 1 aliphatic carbocycles. The molecule has 9 heteroatoms. The van der Waals surface area contributed by atoms with E-state index in [-0.39, 0.29) is 11.5 Å². The minimum absolute atomic E-state index is 0.272. The summed E-state index contributed by atoms with van der Waals surface area (Å²) < 4.78 is 2.00. The molecule has 7 rings (SSSR count). The zero-order valence-electron chi connectivity index (χ0n) is 20.5. The topological polar surface area (TPSA) is 107 Å². The maximum atomic E-state index is 13.2. The summed E-state index contributed by atoms with van der Waals surface area (Å²) in [5.74, 6) is 0.708. The van der Waals surface area contributed by atoms with Crippen LogP contribution in [0.25, 0.3) is 22.3 Å². The molecule has 2 atom stereocenters. The second-order valence-corrected chi connectivity index (χ2v) is 11.3. The van der Waals surface area contributed by atoms with Gasteiger partial charge in [-0.2, -0.15) is 10.4 Å². The van der Waals surface area contributed by atoms with Crippen molar-refractivity contribution in [2.24, 2.45) is 5.92 Å². The van der Waals surface area contributed by atoms with Gasteiger partial charge in [-0.05, 0) is 44.6 Å². The number of rotatable bonds is 5. The van der Waals surface area contributed by atoms with Crippen LogP contribution in [0, 0.1) is 17.2 Å². The number of nitrogens with zero attached hydrogens (tertiary/aromatic N) is 7. The first-order valence-corrected chi connectivity index (χ1v) is 13.4. The van der Waals surface area contributed by atoms with Crippen LogP contribution in [0.2, 0.25) is 0 Å². The van der Waals surface area contributed by atoms with Gasteiger partial charge in [-0.15, -0.1) is 0 Å². The van der Waals surface area contributed by atoms with Gasteiger partial charge in [0.05, 0.1) is 24.4 Å². The van der Waals surface area contributed by atoms with Crippen LogP contribution in [0.15, 0.2) is 31.0 Å². The van der Waals surface area contributed by atoms with Gasteiger partial charge in [-0.25, -0.2) is 9.97 Å². The largest absolute Gasteiger partial charge is 0.346 e. The van der Waals surface area contributed by atoms with Crippen molar-refractivity contribution in [2.45, 2.75) is 81.5 Å². The molecule has 1 amide bonds. The Bertz CT molecular complexity index is 1310. The summed E-state index contributed by atoms with van der Waals surface area (Å²) in [5.41, 5.74) is 2.29. The van der Waals surface area contributed by atoms with Crippen LogP contribution in [0.3, 0.4) is 0 Å². The zero-order valence-corrected chi connectivity index (χ0v) is 20.5. The van der Waals surface area contributed by atoms with E-state index in [0.717, 1.165) is 73.9 Å². The van der Waals surface area contributed by atoms with Crippen molar-refractivity contribution in [3.63, 3.8) is 0 Å². The molecule has 6 heterocycles. The van der Waals surface area contributed by atoms with Crippen molar-refractivity contribution in [1.29, 1.82) is 5.26 Å². The molecule has 1 N–H and O–H groups in total. The third-order valence-corrected chi connectivity index (χ3v) is 9.28. The molecule has 4 fully saturated rings. The zero-order chi connectivity index (χ0) is 24.3. The van der Waals surface area contributed by atoms with Gasteiger partial charge in [0, 0.05) is 60.5 Å². The fraction of sp³-hybridized carbons (Fsp3) is 0.593. The van der Waals surface area contributed by atoms with Crippen molar-refractivity contribution in [2.75, 3.05) is 13.1 Å². The molecule has 2 unspecified atom stereocenters. The minimum atomic E-state index is -0.312. The number of amides is 1. The van der Waals surface area contributed by atoms with Crippen LogP contribution in [0.5, 0.6) is 0 Å². The molecule has 3 saturated heterocycles. The average molecular weight is 485 g/mol. The summed E-state index contributed by atoms with van der Waals surface area (Å²) in [4.78, 5) is 30.0. The lowest BCUT2D eigenvalue weighted by atomic mass is 9.82. The summed E-state index contributed by atoms with van der Waals surface area (Å²) in [6.45, 7) is 1.65. The number of nitriles is 1. The highest BCUT2D eigenvalue weighted by molar-refractivity contribution is 5.90. The SMILES string of the molecule is N#CCC1(n2cc(-c3ncnc4[nH]ccc34)cn2)CN(C2CC3CCC(C2)N3C(=O)C2CCCC2)C1. The van der Waals surface area contributed by atoms with Crippen LogP contribution >= 0.6 is 0 Å². The van der Waals surface area contributed by atoms with Gasteiger partial charge >= 0.3 is 0 Å². The smallest absolute Gasteiger partial charge is 0.226 e.